The number of benzene rings is 2. The van der Waals surface area contributed by atoms with Crippen molar-refractivity contribution in [1.82, 2.24) is 19.9 Å². The summed E-state index contributed by atoms with van der Waals surface area (Å²) in [5.74, 6) is 0.212. The fraction of sp³-hybridized carbons (Fsp3) is 0.222. The lowest BCUT2D eigenvalue weighted by atomic mass is 10.0. The van der Waals surface area contributed by atoms with Crippen LogP contribution in [0.1, 0.15) is 23.9 Å². The zero-order valence-electron chi connectivity index (χ0n) is 13.6. The molecule has 6 N–H and O–H groups in total. The van der Waals surface area contributed by atoms with E-state index in [1.54, 1.807) is 36.4 Å². The largest absolute Gasteiger partial charge is 0.387 e. The molecule has 8 nitrogen and oxygen atoms in total. The zero-order chi connectivity index (χ0) is 18.3. The summed E-state index contributed by atoms with van der Waals surface area (Å²) < 4.78 is 0. The van der Waals surface area contributed by atoms with Crippen LogP contribution in [-0.4, -0.2) is 52.6 Å². The van der Waals surface area contributed by atoms with Crippen LogP contribution in [0.25, 0.3) is 22.1 Å². The van der Waals surface area contributed by atoms with Gasteiger partial charge in [-0.15, -0.1) is 0 Å². The van der Waals surface area contributed by atoms with Gasteiger partial charge in [-0.3, -0.25) is 0 Å². The third kappa shape index (κ3) is 2.85. The van der Waals surface area contributed by atoms with Gasteiger partial charge in [0.25, 0.3) is 0 Å². The molecule has 0 spiro atoms. The number of hydrogen-bond donors (Lipinski definition) is 6. The maximum atomic E-state index is 10.4. The third-order valence-corrected chi connectivity index (χ3v) is 4.37. The van der Waals surface area contributed by atoms with Gasteiger partial charge in [0.15, 0.2) is 0 Å². The molecule has 0 amide bonds. The molecular weight excluding hydrogens is 336 g/mol. The van der Waals surface area contributed by atoms with Crippen LogP contribution in [0.4, 0.5) is 0 Å². The van der Waals surface area contributed by atoms with Crippen LogP contribution in [0, 0.1) is 0 Å². The second kappa shape index (κ2) is 6.50. The second-order valence-corrected chi connectivity index (χ2v) is 6.15. The second-order valence-electron chi connectivity index (χ2n) is 6.15. The molecule has 4 atom stereocenters. The highest BCUT2D eigenvalue weighted by molar-refractivity contribution is 5.75. The number of imidazole rings is 2. The minimum absolute atomic E-state index is 0.106. The highest BCUT2D eigenvalue weighted by Crippen LogP contribution is 2.26. The van der Waals surface area contributed by atoms with Crippen LogP contribution in [-0.2, 0) is 0 Å². The molecule has 0 radical (unpaired) electrons. The number of aliphatic hydroxyl groups excluding tert-OH is 4. The maximum Gasteiger partial charge on any atom is 0.140 e. The number of hydrogen-bond acceptors (Lipinski definition) is 6. The average molecular weight is 354 g/mol. The van der Waals surface area contributed by atoms with E-state index in [2.05, 4.69) is 19.9 Å². The molecule has 0 bridgehead atoms. The third-order valence-electron chi connectivity index (χ3n) is 4.37. The topological polar surface area (TPSA) is 138 Å². The number of aromatic amines is 2. The molecule has 0 saturated carbocycles. The molecule has 0 saturated heterocycles. The molecule has 2 aromatic heterocycles. The Morgan fingerprint density at radius 3 is 1.38 bits per heavy atom. The first-order valence-electron chi connectivity index (χ1n) is 8.16. The lowest BCUT2D eigenvalue weighted by Crippen LogP contribution is -2.37. The number of nitrogens with zero attached hydrogens (tertiary/aromatic N) is 2. The first-order valence-corrected chi connectivity index (χ1v) is 8.16. The molecule has 0 unspecified atom stereocenters. The number of fused-ring (bicyclic) bond motifs is 2. The Kier molecular flexibility index (Phi) is 4.17. The van der Waals surface area contributed by atoms with E-state index in [0.29, 0.717) is 22.1 Å². The lowest BCUT2D eigenvalue weighted by molar-refractivity contribution is -0.111. The van der Waals surface area contributed by atoms with Gasteiger partial charge in [0, 0.05) is 0 Å². The van der Waals surface area contributed by atoms with Crippen molar-refractivity contribution in [2.24, 2.45) is 0 Å². The van der Waals surface area contributed by atoms with E-state index in [9.17, 15) is 20.4 Å². The van der Waals surface area contributed by atoms with Crippen molar-refractivity contribution in [2.45, 2.75) is 24.4 Å². The van der Waals surface area contributed by atoms with Gasteiger partial charge in [-0.25, -0.2) is 9.97 Å². The van der Waals surface area contributed by atoms with E-state index in [-0.39, 0.29) is 11.6 Å². The van der Waals surface area contributed by atoms with Gasteiger partial charge in [0.05, 0.1) is 22.1 Å². The van der Waals surface area contributed by atoms with Crippen LogP contribution >= 0.6 is 0 Å². The summed E-state index contributed by atoms with van der Waals surface area (Å²) in [6.45, 7) is 0. The summed E-state index contributed by atoms with van der Waals surface area (Å²) >= 11 is 0. The maximum absolute atomic E-state index is 10.4. The molecule has 4 rings (SSSR count). The smallest absolute Gasteiger partial charge is 0.140 e. The normalized spacial score (nSPS) is 16.6. The van der Waals surface area contributed by atoms with Crippen molar-refractivity contribution in [2.75, 3.05) is 0 Å². The molecule has 0 aliphatic carbocycles. The number of aromatic nitrogens is 4. The van der Waals surface area contributed by atoms with Crippen molar-refractivity contribution in [1.29, 1.82) is 0 Å². The number of H-pyrrole nitrogens is 2. The van der Waals surface area contributed by atoms with Crippen molar-refractivity contribution < 1.29 is 20.4 Å². The van der Waals surface area contributed by atoms with Gasteiger partial charge < -0.3 is 30.4 Å². The van der Waals surface area contributed by atoms with E-state index in [4.69, 9.17) is 0 Å². The Labute approximate surface area is 147 Å². The van der Waals surface area contributed by atoms with E-state index in [1.807, 2.05) is 12.1 Å². The first kappa shape index (κ1) is 16.7. The minimum Gasteiger partial charge on any atom is -0.387 e. The summed E-state index contributed by atoms with van der Waals surface area (Å²) in [6.07, 6.45) is -6.34. The van der Waals surface area contributed by atoms with Crippen molar-refractivity contribution in [3.05, 3.63) is 60.2 Å². The van der Waals surface area contributed by atoms with Gasteiger partial charge in [0.1, 0.15) is 36.1 Å². The number of rotatable bonds is 5. The van der Waals surface area contributed by atoms with Gasteiger partial charge in [-0.1, -0.05) is 24.3 Å². The van der Waals surface area contributed by atoms with Crippen molar-refractivity contribution >= 4 is 22.1 Å². The SMILES string of the molecule is O[C@H]([C@H](O)[C@H](O)c1nc2ccccc2[nH]1)[C@H](O)c1nc2ccccc2[nH]1. The first-order chi connectivity index (χ1) is 12.5. The predicted molar refractivity (Wildman–Crippen MR) is 94.1 cm³/mol. The summed E-state index contributed by atoms with van der Waals surface area (Å²) in [6, 6.07) is 14.3. The van der Waals surface area contributed by atoms with E-state index in [0.717, 1.165) is 0 Å². The Morgan fingerprint density at radius 2 is 1.00 bits per heavy atom. The summed E-state index contributed by atoms with van der Waals surface area (Å²) in [4.78, 5) is 14.2. The molecule has 2 heterocycles. The van der Waals surface area contributed by atoms with Crippen LogP contribution in [0.2, 0.25) is 0 Å². The van der Waals surface area contributed by atoms with Crippen molar-refractivity contribution in [3.8, 4) is 0 Å². The van der Waals surface area contributed by atoms with E-state index >= 15 is 0 Å². The zero-order valence-corrected chi connectivity index (χ0v) is 13.6. The highest BCUT2D eigenvalue weighted by Gasteiger charge is 2.35. The molecule has 0 aliphatic rings. The van der Waals surface area contributed by atoms with Gasteiger partial charge in [0.2, 0.25) is 0 Å². The Bertz CT molecular complexity index is 894. The van der Waals surface area contributed by atoms with Crippen LogP contribution < -0.4 is 0 Å². The Hall–Kier alpha value is -2.78. The fourth-order valence-corrected chi connectivity index (χ4v) is 2.92. The summed E-state index contributed by atoms with van der Waals surface area (Å²) in [5.41, 5.74) is 2.64. The molecular formula is C18H18N4O4. The van der Waals surface area contributed by atoms with Gasteiger partial charge >= 0.3 is 0 Å². The Morgan fingerprint density at radius 1 is 0.615 bits per heavy atom. The molecule has 2 aromatic carbocycles. The number of para-hydroxylation sites is 4. The highest BCUT2D eigenvalue weighted by atomic mass is 16.4. The average Bonchev–Trinajstić information content (AvgIpc) is 3.29. The molecule has 4 aromatic rings. The van der Waals surface area contributed by atoms with Crippen LogP contribution in [0.3, 0.4) is 0 Å². The Balaban J connectivity index is 1.56. The molecule has 134 valence electrons. The van der Waals surface area contributed by atoms with E-state index < -0.39 is 24.4 Å². The van der Waals surface area contributed by atoms with Crippen molar-refractivity contribution in [3.63, 3.8) is 0 Å². The molecule has 0 fully saturated rings. The van der Waals surface area contributed by atoms with Gasteiger partial charge in [-0.2, -0.15) is 0 Å². The lowest BCUT2D eigenvalue weighted by Gasteiger charge is -2.24. The monoisotopic (exact) mass is 354 g/mol. The molecule has 8 heteroatoms. The summed E-state index contributed by atoms with van der Waals surface area (Å²) in [5, 5.41) is 41.3. The fourth-order valence-electron chi connectivity index (χ4n) is 2.92. The quantitative estimate of drug-likeness (QED) is 0.315. The van der Waals surface area contributed by atoms with E-state index in [1.165, 1.54) is 0 Å². The molecule has 0 aliphatic heterocycles. The molecule has 26 heavy (non-hydrogen) atoms. The summed E-state index contributed by atoms with van der Waals surface area (Å²) in [7, 11) is 0. The number of nitrogens with one attached hydrogen (secondary N) is 2. The number of aliphatic hydroxyl groups is 4. The van der Waals surface area contributed by atoms with Crippen LogP contribution in [0.5, 0.6) is 0 Å². The van der Waals surface area contributed by atoms with Crippen LogP contribution in [0.15, 0.2) is 48.5 Å². The predicted octanol–water partition coefficient (Wildman–Crippen LogP) is 0.928. The minimum atomic E-state index is -1.67. The van der Waals surface area contributed by atoms with Gasteiger partial charge in [-0.05, 0) is 24.3 Å². The standard InChI is InChI=1S/C18H18N4O4/c23-13(15(25)17-19-9-5-1-2-6-10(9)20-17)14(24)16(26)18-21-11-7-3-4-8-12(11)22-18/h1-8,13-16,23-26H,(H,19,20)(H,21,22)/t13-,14+,15-,16-/m0/s1.